The maximum absolute atomic E-state index is 12.3. The minimum atomic E-state index is -0.408. The Balaban J connectivity index is 1.32. The molecule has 0 saturated carbocycles. The molecule has 166 valence electrons. The van der Waals surface area contributed by atoms with Gasteiger partial charge in [-0.1, -0.05) is 30.3 Å². The van der Waals surface area contributed by atoms with Gasteiger partial charge in [0.1, 0.15) is 11.4 Å². The van der Waals surface area contributed by atoms with Crippen LogP contribution in [0.25, 0.3) is 0 Å². The van der Waals surface area contributed by atoms with E-state index in [1.165, 1.54) is 5.56 Å². The van der Waals surface area contributed by atoms with Crippen molar-refractivity contribution in [2.45, 2.75) is 45.1 Å². The quantitative estimate of drug-likeness (QED) is 0.717. The van der Waals surface area contributed by atoms with Crippen molar-refractivity contribution in [1.29, 1.82) is 0 Å². The molecule has 31 heavy (non-hydrogen) atoms. The molecule has 0 spiro atoms. The van der Waals surface area contributed by atoms with Gasteiger partial charge in [0.05, 0.1) is 6.61 Å². The fraction of sp³-hybridized carbons (Fsp3) is 0.542. The first-order valence-electron chi connectivity index (χ1n) is 11.4. The molecule has 2 aliphatic rings. The summed E-state index contributed by atoms with van der Waals surface area (Å²) in [7, 11) is 0. The van der Waals surface area contributed by atoms with E-state index in [9.17, 15) is 14.4 Å². The normalized spacial score (nSPS) is 18.4. The summed E-state index contributed by atoms with van der Waals surface area (Å²) < 4.78 is 5.06. The molecule has 1 amide bonds. The van der Waals surface area contributed by atoms with Gasteiger partial charge in [0.2, 0.25) is 0 Å². The largest absolute Gasteiger partial charge is 0.450 e. The van der Waals surface area contributed by atoms with Gasteiger partial charge in [-0.3, -0.25) is 9.59 Å². The Kier molecular flexibility index (Phi) is 6.59. The molecule has 7 nitrogen and oxygen atoms in total. The molecule has 7 heteroatoms. The highest BCUT2D eigenvalue weighted by Gasteiger charge is 2.31. The molecule has 0 radical (unpaired) electrons. The van der Waals surface area contributed by atoms with Crippen molar-refractivity contribution in [2.75, 3.05) is 43.0 Å². The molecular formula is C24H31N3O4. The van der Waals surface area contributed by atoms with Gasteiger partial charge in [0.15, 0.2) is 0 Å². The van der Waals surface area contributed by atoms with Crippen molar-refractivity contribution in [1.82, 2.24) is 4.90 Å². The van der Waals surface area contributed by atoms with Crippen molar-refractivity contribution in [3.8, 4) is 0 Å². The minimum Gasteiger partial charge on any atom is -0.450 e. The standard InChI is InChI=1S/C24H31N3O4/c1-2-31-24(30)27-14-10-19(11-15-27)25-20-21(23(29)22(20)28)26-12-8-18(9-13-26)16-17-6-4-3-5-7-17/h3-7,18-19,25H,2,8-16H2,1H3. The molecule has 1 N–H and O–H groups in total. The van der Waals surface area contributed by atoms with E-state index in [-0.39, 0.29) is 17.6 Å². The molecule has 0 bridgehead atoms. The highest BCUT2D eigenvalue weighted by atomic mass is 16.6. The van der Waals surface area contributed by atoms with E-state index in [0.717, 1.165) is 45.2 Å². The summed E-state index contributed by atoms with van der Waals surface area (Å²) in [5.74, 6) is 0.605. The molecule has 2 aliphatic heterocycles. The third-order valence-electron chi connectivity index (χ3n) is 6.55. The molecule has 2 aromatic carbocycles. The lowest BCUT2D eigenvalue weighted by atomic mass is 9.89. The number of hydrogen-bond acceptors (Lipinski definition) is 6. The van der Waals surface area contributed by atoms with Gasteiger partial charge in [-0.15, -0.1) is 0 Å². The van der Waals surface area contributed by atoms with Gasteiger partial charge in [0.25, 0.3) is 10.9 Å². The van der Waals surface area contributed by atoms with E-state index < -0.39 is 5.43 Å². The molecular weight excluding hydrogens is 394 g/mol. The Labute approximate surface area is 182 Å². The van der Waals surface area contributed by atoms with Gasteiger partial charge in [-0.25, -0.2) is 4.79 Å². The monoisotopic (exact) mass is 425 g/mol. The van der Waals surface area contributed by atoms with Gasteiger partial charge < -0.3 is 19.9 Å². The van der Waals surface area contributed by atoms with Crippen LogP contribution < -0.4 is 21.1 Å². The third kappa shape index (κ3) is 4.75. The zero-order valence-electron chi connectivity index (χ0n) is 18.1. The fourth-order valence-electron chi connectivity index (χ4n) is 4.75. The van der Waals surface area contributed by atoms with Crippen molar-refractivity contribution in [3.63, 3.8) is 0 Å². The van der Waals surface area contributed by atoms with Crippen LogP contribution >= 0.6 is 0 Å². The number of benzene rings is 1. The number of ether oxygens (including phenoxy) is 1. The van der Waals surface area contributed by atoms with Crippen LogP contribution in [-0.4, -0.2) is 49.8 Å². The maximum Gasteiger partial charge on any atom is 0.409 e. The fourth-order valence-corrected chi connectivity index (χ4v) is 4.75. The van der Waals surface area contributed by atoms with Crippen LogP contribution in [-0.2, 0) is 11.2 Å². The summed E-state index contributed by atoms with van der Waals surface area (Å²) in [5, 5.41) is 3.31. The number of nitrogens with one attached hydrogen (secondary N) is 1. The summed E-state index contributed by atoms with van der Waals surface area (Å²) in [6.07, 6.45) is 4.28. The summed E-state index contributed by atoms with van der Waals surface area (Å²) in [6, 6.07) is 10.6. The molecule has 0 unspecified atom stereocenters. The third-order valence-corrected chi connectivity index (χ3v) is 6.55. The maximum atomic E-state index is 12.3. The zero-order chi connectivity index (χ0) is 21.8. The average Bonchev–Trinajstić information content (AvgIpc) is 2.81. The van der Waals surface area contributed by atoms with E-state index in [2.05, 4.69) is 34.5 Å². The SMILES string of the molecule is CCOC(=O)N1CCC(Nc2c(N3CCC(Cc4ccccc4)CC3)c(=O)c2=O)CC1. The van der Waals surface area contributed by atoms with Crippen LogP contribution in [0.1, 0.15) is 38.2 Å². The molecule has 2 heterocycles. The van der Waals surface area contributed by atoms with Gasteiger partial charge >= 0.3 is 6.09 Å². The minimum absolute atomic E-state index is 0.0864. The number of rotatable bonds is 6. The van der Waals surface area contributed by atoms with Crippen LogP contribution in [0.4, 0.5) is 16.2 Å². The molecule has 2 aromatic rings. The first kappa shape index (κ1) is 21.4. The Morgan fingerprint density at radius 1 is 1.00 bits per heavy atom. The van der Waals surface area contributed by atoms with Crippen molar-refractivity contribution >= 4 is 17.5 Å². The summed E-state index contributed by atoms with van der Waals surface area (Å²) in [6.45, 7) is 4.95. The first-order chi connectivity index (χ1) is 15.1. The lowest BCUT2D eigenvalue weighted by molar-refractivity contribution is 0.0983. The van der Waals surface area contributed by atoms with Crippen LogP contribution in [0.5, 0.6) is 0 Å². The number of likely N-dealkylation sites (tertiary alicyclic amines) is 1. The van der Waals surface area contributed by atoms with Crippen LogP contribution in [0.2, 0.25) is 0 Å². The van der Waals surface area contributed by atoms with Crippen LogP contribution in [0, 0.1) is 5.92 Å². The van der Waals surface area contributed by atoms with E-state index in [4.69, 9.17) is 4.74 Å². The summed E-state index contributed by atoms with van der Waals surface area (Å²) >= 11 is 0. The molecule has 0 atom stereocenters. The molecule has 0 aliphatic carbocycles. The van der Waals surface area contributed by atoms with Gasteiger partial charge in [-0.2, -0.15) is 0 Å². The number of carbonyl (C=O) groups is 1. The molecule has 2 fully saturated rings. The lowest BCUT2D eigenvalue weighted by Gasteiger charge is -2.37. The van der Waals surface area contributed by atoms with Crippen LogP contribution in [0.15, 0.2) is 39.9 Å². The Hall–Kier alpha value is -2.83. The molecule has 2 saturated heterocycles. The van der Waals surface area contributed by atoms with E-state index in [1.807, 2.05) is 6.07 Å². The average molecular weight is 426 g/mol. The van der Waals surface area contributed by atoms with Crippen molar-refractivity contribution < 1.29 is 9.53 Å². The number of carbonyl (C=O) groups excluding carboxylic acids is 1. The Morgan fingerprint density at radius 3 is 2.32 bits per heavy atom. The summed E-state index contributed by atoms with van der Waals surface area (Å²) in [4.78, 5) is 40.3. The van der Waals surface area contributed by atoms with Gasteiger partial charge in [-0.05, 0) is 50.5 Å². The Bertz CT molecular complexity index is 951. The van der Waals surface area contributed by atoms with Crippen molar-refractivity contribution in [2.24, 2.45) is 5.92 Å². The highest BCUT2D eigenvalue weighted by Crippen LogP contribution is 2.29. The number of amides is 1. The number of piperidine rings is 2. The lowest BCUT2D eigenvalue weighted by Crippen LogP contribution is -2.48. The number of anilines is 2. The molecule has 0 aromatic heterocycles. The second kappa shape index (κ2) is 9.54. The smallest absolute Gasteiger partial charge is 0.409 e. The van der Waals surface area contributed by atoms with E-state index in [0.29, 0.717) is 37.0 Å². The number of nitrogens with zero attached hydrogens (tertiary/aromatic N) is 2. The number of hydrogen-bond donors (Lipinski definition) is 1. The topological polar surface area (TPSA) is 79.0 Å². The first-order valence-corrected chi connectivity index (χ1v) is 11.4. The highest BCUT2D eigenvalue weighted by molar-refractivity contribution is 5.75. The zero-order valence-corrected chi connectivity index (χ0v) is 18.1. The van der Waals surface area contributed by atoms with Crippen LogP contribution in [0.3, 0.4) is 0 Å². The van der Waals surface area contributed by atoms with Crippen molar-refractivity contribution in [3.05, 3.63) is 56.3 Å². The second-order valence-electron chi connectivity index (χ2n) is 8.61. The predicted molar refractivity (Wildman–Crippen MR) is 122 cm³/mol. The predicted octanol–water partition coefficient (Wildman–Crippen LogP) is 2.77. The van der Waals surface area contributed by atoms with Gasteiger partial charge in [0, 0.05) is 32.2 Å². The summed E-state index contributed by atoms with van der Waals surface area (Å²) in [5.41, 5.74) is 1.62. The van der Waals surface area contributed by atoms with E-state index >= 15 is 0 Å². The second-order valence-corrected chi connectivity index (χ2v) is 8.61. The molecule has 4 rings (SSSR count). The Morgan fingerprint density at radius 2 is 1.68 bits per heavy atom. The van der Waals surface area contributed by atoms with E-state index in [1.54, 1.807) is 11.8 Å².